The summed E-state index contributed by atoms with van der Waals surface area (Å²) in [6.07, 6.45) is 1.51. The smallest absolute Gasteiger partial charge is 0.356 e. The van der Waals surface area contributed by atoms with Gasteiger partial charge in [-0.25, -0.2) is 14.8 Å². The Labute approximate surface area is 86.2 Å². The van der Waals surface area contributed by atoms with Crippen LogP contribution in [0.1, 0.15) is 16.2 Å². The molecule has 6 nitrogen and oxygen atoms in total. The molecule has 0 amide bonds. The minimum absolute atomic E-state index is 0.0917. The van der Waals surface area contributed by atoms with Gasteiger partial charge in [-0.05, 0) is 6.92 Å². The molecular weight excluding hydrogens is 195 g/mol. The molecule has 0 atom stereocenters. The number of carboxylic acid groups (broad SMARTS) is 1. The number of rotatable bonds is 1. The summed E-state index contributed by atoms with van der Waals surface area (Å²) in [5.41, 5.74) is 6.41. The Bertz CT molecular complexity index is 563. The monoisotopic (exact) mass is 202 g/mol. The van der Waals surface area contributed by atoms with E-state index >= 15 is 0 Å². The summed E-state index contributed by atoms with van der Waals surface area (Å²) in [6, 6.07) is 0. The van der Waals surface area contributed by atoms with Crippen LogP contribution in [0.4, 0.5) is 5.82 Å². The number of aryl methyl sites for hydroxylation is 1. The van der Waals surface area contributed by atoms with Crippen molar-refractivity contribution in [1.82, 2.24) is 14.4 Å². The average molecular weight is 202 g/mol. The minimum atomic E-state index is -1.18. The molecule has 0 spiro atoms. The third-order valence-electron chi connectivity index (χ3n) is 2.09. The van der Waals surface area contributed by atoms with Crippen molar-refractivity contribution in [2.45, 2.75) is 6.92 Å². The number of imidazole rings is 1. The number of anilines is 1. The van der Waals surface area contributed by atoms with Gasteiger partial charge in [0.15, 0.2) is 13.5 Å². The van der Waals surface area contributed by atoms with Gasteiger partial charge in [0, 0.05) is 11.9 Å². The topological polar surface area (TPSA) is 93.5 Å². The number of hydrogen-bond acceptors (Lipinski definition) is 4. The van der Waals surface area contributed by atoms with Crippen LogP contribution in [-0.4, -0.2) is 33.3 Å². The average Bonchev–Trinajstić information content (AvgIpc) is 2.51. The van der Waals surface area contributed by atoms with Gasteiger partial charge in [0.25, 0.3) is 0 Å². The SMILES string of the molecule is [B]c1nc(C(=O)O)c2c(N)ncc(C)n12. The van der Waals surface area contributed by atoms with Crippen molar-refractivity contribution in [2.24, 2.45) is 0 Å². The molecule has 0 fully saturated rings. The Balaban J connectivity index is 2.98. The van der Waals surface area contributed by atoms with E-state index in [9.17, 15) is 4.79 Å². The molecule has 74 valence electrons. The van der Waals surface area contributed by atoms with Gasteiger partial charge in [-0.2, -0.15) is 0 Å². The largest absolute Gasteiger partial charge is 0.476 e. The molecule has 2 rings (SSSR count). The minimum Gasteiger partial charge on any atom is -0.476 e. The van der Waals surface area contributed by atoms with Crippen molar-refractivity contribution in [1.29, 1.82) is 0 Å². The summed E-state index contributed by atoms with van der Waals surface area (Å²) in [7, 11) is 5.59. The number of nitrogen functional groups attached to an aromatic ring is 1. The zero-order chi connectivity index (χ0) is 11.2. The maximum absolute atomic E-state index is 10.9. The lowest BCUT2D eigenvalue weighted by Crippen LogP contribution is -2.15. The molecule has 0 aliphatic rings. The number of carbonyl (C=O) groups is 1. The Morgan fingerprint density at radius 1 is 1.67 bits per heavy atom. The van der Waals surface area contributed by atoms with Gasteiger partial charge in [-0.3, -0.25) is 0 Å². The third-order valence-corrected chi connectivity index (χ3v) is 2.09. The van der Waals surface area contributed by atoms with Gasteiger partial charge in [-0.15, -0.1) is 0 Å². The van der Waals surface area contributed by atoms with Gasteiger partial charge in [0.1, 0.15) is 11.3 Å². The van der Waals surface area contributed by atoms with Gasteiger partial charge >= 0.3 is 5.97 Å². The maximum atomic E-state index is 10.9. The molecule has 0 bridgehead atoms. The fourth-order valence-corrected chi connectivity index (χ4v) is 1.46. The van der Waals surface area contributed by atoms with Gasteiger partial charge in [0.05, 0.1) is 5.72 Å². The molecular formula is C8H7BN4O2. The highest BCUT2D eigenvalue weighted by molar-refractivity contribution is 6.30. The molecule has 0 aliphatic carbocycles. The summed E-state index contributed by atoms with van der Waals surface area (Å²) in [5, 5.41) is 8.90. The summed E-state index contributed by atoms with van der Waals surface area (Å²) >= 11 is 0. The van der Waals surface area contributed by atoms with Gasteiger partial charge < -0.3 is 15.2 Å². The van der Waals surface area contributed by atoms with Crippen molar-refractivity contribution in [3.05, 3.63) is 17.6 Å². The first kappa shape index (κ1) is 9.51. The third kappa shape index (κ3) is 1.24. The van der Waals surface area contributed by atoms with E-state index in [-0.39, 0.29) is 22.8 Å². The van der Waals surface area contributed by atoms with Crippen LogP contribution in [0, 0.1) is 6.92 Å². The summed E-state index contributed by atoms with van der Waals surface area (Å²) in [4.78, 5) is 18.5. The van der Waals surface area contributed by atoms with E-state index in [2.05, 4.69) is 9.97 Å². The van der Waals surface area contributed by atoms with E-state index in [0.29, 0.717) is 5.69 Å². The van der Waals surface area contributed by atoms with Crippen LogP contribution < -0.4 is 11.5 Å². The van der Waals surface area contributed by atoms with Crippen LogP contribution in [0.15, 0.2) is 6.20 Å². The number of fused-ring (bicyclic) bond motifs is 1. The van der Waals surface area contributed by atoms with E-state index in [1.54, 1.807) is 6.92 Å². The van der Waals surface area contributed by atoms with Crippen LogP contribution >= 0.6 is 0 Å². The van der Waals surface area contributed by atoms with Crippen molar-refractivity contribution >= 4 is 30.9 Å². The number of hydrogen-bond donors (Lipinski definition) is 2. The molecule has 15 heavy (non-hydrogen) atoms. The van der Waals surface area contributed by atoms with Crippen LogP contribution in [0.3, 0.4) is 0 Å². The van der Waals surface area contributed by atoms with Crippen LogP contribution in [0.25, 0.3) is 5.52 Å². The highest BCUT2D eigenvalue weighted by Gasteiger charge is 2.18. The van der Waals surface area contributed by atoms with Crippen molar-refractivity contribution in [3.8, 4) is 0 Å². The number of aromatic carboxylic acids is 1. The van der Waals surface area contributed by atoms with Crippen molar-refractivity contribution < 1.29 is 9.90 Å². The summed E-state index contributed by atoms with van der Waals surface area (Å²) in [5.74, 6) is -1.08. The molecule has 2 aromatic rings. The second-order valence-electron chi connectivity index (χ2n) is 3.09. The molecule has 0 aliphatic heterocycles. The Morgan fingerprint density at radius 2 is 2.33 bits per heavy atom. The molecule has 0 saturated heterocycles. The second kappa shape index (κ2) is 2.98. The van der Waals surface area contributed by atoms with Crippen molar-refractivity contribution in [2.75, 3.05) is 5.73 Å². The van der Waals surface area contributed by atoms with Crippen LogP contribution in [-0.2, 0) is 0 Å². The van der Waals surface area contributed by atoms with Gasteiger partial charge in [-0.1, -0.05) is 0 Å². The molecule has 3 N–H and O–H groups in total. The lowest BCUT2D eigenvalue weighted by molar-refractivity contribution is 0.0693. The van der Waals surface area contributed by atoms with Gasteiger partial charge in [0.2, 0.25) is 0 Å². The second-order valence-corrected chi connectivity index (χ2v) is 3.09. The predicted molar refractivity (Wildman–Crippen MR) is 54.5 cm³/mol. The Morgan fingerprint density at radius 3 is 2.93 bits per heavy atom. The Hall–Kier alpha value is -2.05. The van der Waals surface area contributed by atoms with Crippen LogP contribution in [0.5, 0.6) is 0 Å². The lowest BCUT2D eigenvalue weighted by Gasteiger charge is -2.03. The summed E-state index contributed by atoms with van der Waals surface area (Å²) in [6.45, 7) is 1.74. The lowest BCUT2D eigenvalue weighted by atomic mass is 10.1. The normalized spacial score (nSPS) is 10.7. The van der Waals surface area contributed by atoms with E-state index in [1.807, 2.05) is 0 Å². The Kier molecular flexibility index (Phi) is 1.89. The number of carboxylic acids is 1. The van der Waals surface area contributed by atoms with Crippen molar-refractivity contribution in [3.63, 3.8) is 0 Å². The highest BCUT2D eigenvalue weighted by atomic mass is 16.4. The zero-order valence-corrected chi connectivity index (χ0v) is 7.93. The first-order valence-corrected chi connectivity index (χ1v) is 4.14. The fourth-order valence-electron chi connectivity index (χ4n) is 1.46. The van der Waals surface area contributed by atoms with Crippen LogP contribution in [0.2, 0.25) is 0 Å². The molecule has 2 aromatic heterocycles. The molecule has 0 aromatic carbocycles. The zero-order valence-electron chi connectivity index (χ0n) is 7.93. The summed E-state index contributed by atoms with van der Waals surface area (Å²) < 4.78 is 1.46. The number of nitrogens with two attached hydrogens (primary N) is 1. The van der Waals surface area contributed by atoms with E-state index < -0.39 is 5.97 Å². The maximum Gasteiger partial charge on any atom is 0.356 e. The number of nitrogens with zero attached hydrogens (tertiary/aromatic N) is 3. The van der Waals surface area contributed by atoms with E-state index in [0.717, 1.165) is 0 Å². The number of aromatic nitrogens is 3. The molecule has 0 saturated carbocycles. The molecule has 2 heterocycles. The first-order valence-electron chi connectivity index (χ1n) is 4.14. The first-order chi connectivity index (χ1) is 7.02. The quantitative estimate of drug-likeness (QED) is 0.585. The predicted octanol–water partition coefficient (Wildman–Crippen LogP) is -0.888. The molecule has 0 unspecified atom stereocenters. The highest BCUT2D eigenvalue weighted by Crippen LogP contribution is 2.15. The van der Waals surface area contributed by atoms with E-state index in [1.165, 1.54) is 10.6 Å². The van der Waals surface area contributed by atoms with E-state index in [4.69, 9.17) is 18.7 Å². The molecule has 2 radical (unpaired) electrons. The standard InChI is InChI=1S/C8H7BN4O2/c1-3-2-11-6(10)5-4(7(14)15)12-8(9)13(3)5/h2H,1H3,(H2,10,11)(H,14,15). The molecule has 7 heteroatoms. The fraction of sp³-hybridized carbons (Fsp3) is 0.125.